The number of fused-ring (bicyclic) bond motifs is 4. The third-order valence-electron chi connectivity index (χ3n) is 8.98. The first-order valence-corrected chi connectivity index (χ1v) is 14.2. The molecule has 6 heteroatoms. The van der Waals surface area contributed by atoms with E-state index in [9.17, 15) is 19.8 Å². The Morgan fingerprint density at radius 3 is 2.37 bits per heavy atom. The van der Waals surface area contributed by atoms with Crippen molar-refractivity contribution in [3.8, 4) is 0 Å². The Bertz CT molecular complexity index is 1780. The van der Waals surface area contributed by atoms with E-state index < -0.39 is 11.4 Å². The Morgan fingerprint density at radius 2 is 1.66 bits per heavy atom. The molecule has 2 heterocycles. The molecule has 0 saturated heterocycles. The molecule has 6 nitrogen and oxygen atoms in total. The summed E-state index contributed by atoms with van der Waals surface area (Å²) >= 11 is 0. The first-order chi connectivity index (χ1) is 19.5. The zero-order valence-corrected chi connectivity index (χ0v) is 24.2. The number of nitrogens with zero attached hydrogens (tertiary/aromatic N) is 2. The van der Waals surface area contributed by atoms with Gasteiger partial charge in [0.1, 0.15) is 12.2 Å². The molecule has 2 aliphatic heterocycles. The number of carboxylic acids is 1. The van der Waals surface area contributed by atoms with Gasteiger partial charge in [0, 0.05) is 41.1 Å². The van der Waals surface area contributed by atoms with Crippen molar-refractivity contribution >= 4 is 39.6 Å². The van der Waals surface area contributed by atoms with E-state index in [4.69, 9.17) is 0 Å². The molecule has 0 radical (unpaired) electrons. The monoisotopic (exact) mass is 547 g/mol. The van der Waals surface area contributed by atoms with Gasteiger partial charge >= 0.3 is 5.97 Å². The summed E-state index contributed by atoms with van der Waals surface area (Å²) in [6.07, 6.45) is 3.57. The van der Waals surface area contributed by atoms with Gasteiger partial charge in [0.2, 0.25) is 11.5 Å². The van der Waals surface area contributed by atoms with E-state index in [1.54, 1.807) is 6.08 Å². The zero-order valence-electron chi connectivity index (χ0n) is 24.2. The van der Waals surface area contributed by atoms with Gasteiger partial charge in [-0.05, 0) is 49.2 Å². The normalized spacial score (nSPS) is 20.7. The lowest BCUT2D eigenvalue weighted by Gasteiger charge is -2.28. The molecular formula is C35H35N2O4+. The first kappa shape index (κ1) is 26.8. The second-order valence-electron chi connectivity index (χ2n) is 12.1. The minimum Gasteiger partial charge on any atom is -0.506 e. The zero-order chi connectivity index (χ0) is 29.3. The minimum atomic E-state index is -0.885. The van der Waals surface area contributed by atoms with E-state index in [2.05, 4.69) is 69.9 Å². The molecule has 1 aliphatic carbocycles. The Balaban J connectivity index is 1.44. The maximum absolute atomic E-state index is 13.6. The Morgan fingerprint density at radius 1 is 0.951 bits per heavy atom. The van der Waals surface area contributed by atoms with Crippen LogP contribution in [0.1, 0.15) is 52.2 Å². The fourth-order valence-electron chi connectivity index (χ4n) is 6.87. The number of rotatable bonds is 6. The highest BCUT2D eigenvalue weighted by molar-refractivity contribution is 6.24. The van der Waals surface area contributed by atoms with Crippen LogP contribution in [0.3, 0.4) is 0 Å². The predicted molar refractivity (Wildman–Crippen MR) is 162 cm³/mol. The average Bonchev–Trinajstić information content (AvgIpc) is 3.31. The van der Waals surface area contributed by atoms with Crippen LogP contribution in [0.15, 0.2) is 95.4 Å². The molecule has 2 N–H and O–H groups in total. The highest BCUT2D eigenvalue weighted by Gasteiger charge is 2.47. The number of benzene rings is 3. The van der Waals surface area contributed by atoms with E-state index in [1.165, 1.54) is 16.3 Å². The van der Waals surface area contributed by atoms with Gasteiger partial charge in [-0.1, -0.05) is 62.4 Å². The number of hydrogen-bond donors (Lipinski definition) is 2. The maximum Gasteiger partial charge on any atom is 0.309 e. The van der Waals surface area contributed by atoms with Gasteiger partial charge in [-0.2, -0.15) is 4.58 Å². The number of carbonyl (C=O) groups is 2. The number of anilines is 1. The lowest BCUT2D eigenvalue weighted by atomic mass is 9.77. The average molecular weight is 548 g/mol. The van der Waals surface area contributed by atoms with Crippen LogP contribution in [0.2, 0.25) is 0 Å². The van der Waals surface area contributed by atoms with Gasteiger partial charge in [-0.25, -0.2) is 0 Å². The number of aliphatic hydroxyl groups is 1. The molecule has 3 aromatic carbocycles. The molecule has 0 atom stereocenters. The Labute approximate surface area is 240 Å². The Hall–Kier alpha value is -4.45. The molecule has 0 spiro atoms. The molecule has 3 aliphatic rings. The van der Waals surface area contributed by atoms with Crippen molar-refractivity contribution in [1.82, 2.24) is 0 Å². The van der Waals surface area contributed by atoms with Gasteiger partial charge in [0.15, 0.2) is 12.3 Å². The molecule has 6 rings (SSSR count). The van der Waals surface area contributed by atoms with Crippen LogP contribution in [0, 0.1) is 0 Å². The molecule has 0 bridgehead atoms. The molecule has 0 unspecified atom stereocenters. The second-order valence-corrected chi connectivity index (χ2v) is 12.1. The lowest BCUT2D eigenvalue weighted by molar-refractivity contribution is -0.436. The van der Waals surface area contributed by atoms with Crippen molar-refractivity contribution in [3.63, 3.8) is 0 Å². The SMILES string of the molecule is CCN1/C(=C\C2=C(O)C(=C\C3=[N+](CCC(=O)O)c4ccccc4C3(C)C)/C2=O)C(C)(C)c2c1ccc1ccccc21. The number of carboxylic acid groups (broad SMARTS) is 1. The maximum atomic E-state index is 13.6. The summed E-state index contributed by atoms with van der Waals surface area (Å²) in [5.41, 5.74) is 5.84. The second kappa shape index (κ2) is 9.30. The molecule has 3 aromatic rings. The third-order valence-corrected chi connectivity index (χ3v) is 8.98. The molecule has 208 valence electrons. The fourth-order valence-corrected chi connectivity index (χ4v) is 6.87. The van der Waals surface area contributed by atoms with Crippen LogP contribution in [0.25, 0.3) is 10.8 Å². The van der Waals surface area contributed by atoms with Gasteiger partial charge in [0.25, 0.3) is 0 Å². The van der Waals surface area contributed by atoms with Crippen molar-refractivity contribution in [2.24, 2.45) is 0 Å². The van der Waals surface area contributed by atoms with Crippen molar-refractivity contribution in [1.29, 1.82) is 0 Å². The molecule has 0 amide bonds. The summed E-state index contributed by atoms with van der Waals surface area (Å²) < 4.78 is 1.97. The number of aliphatic hydroxyl groups excluding tert-OH is 1. The fraction of sp³-hybridized carbons (Fsp3) is 0.286. The number of Topliss-reactive ketones (excluding diaryl/α,β-unsaturated/α-hetero) is 1. The van der Waals surface area contributed by atoms with Crippen molar-refractivity contribution < 1.29 is 24.4 Å². The standard InChI is InChI=1S/C35H34N2O4/c1-6-36-27-16-15-21-11-7-8-12-22(21)31(27)35(4,5)29(36)20-24-32(40)23(33(24)41)19-28-34(2,3)25-13-9-10-14-26(25)37(28)18-17-30(38)39/h7-16,19-20H,6,17-18H2,1-5H3,(H-,38,39,40,41)/p+1. The number of carbonyl (C=O) groups excluding carboxylic acids is 1. The molecule has 0 saturated carbocycles. The molecular weight excluding hydrogens is 512 g/mol. The van der Waals surface area contributed by atoms with E-state index in [0.717, 1.165) is 34.9 Å². The van der Waals surface area contributed by atoms with Gasteiger partial charge in [-0.3, -0.25) is 9.59 Å². The van der Waals surface area contributed by atoms with E-state index in [1.807, 2.05) is 41.0 Å². The number of aliphatic carboxylic acids is 1. The van der Waals surface area contributed by atoms with Crippen LogP contribution >= 0.6 is 0 Å². The van der Waals surface area contributed by atoms with Crippen LogP contribution in [0.5, 0.6) is 0 Å². The summed E-state index contributed by atoms with van der Waals surface area (Å²) in [7, 11) is 0. The van der Waals surface area contributed by atoms with Crippen LogP contribution < -0.4 is 4.90 Å². The number of likely N-dealkylation sites (N-methyl/N-ethyl adjacent to an activating group) is 1. The number of para-hydroxylation sites is 1. The van der Waals surface area contributed by atoms with Crippen molar-refractivity contribution in [2.45, 2.75) is 51.9 Å². The topological polar surface area (TPSA) is 80.8 Å². The van der Waals surface area contributed by atoms with E-state index >= 15 is 0 Å². The summed E-state index contributed by atoms with van der Waals surface area (Å²) in [5, 5.41) is 23.0. The lowest BCUT2D eigenvalue weighted by Crippen LogP contribution is -2.32. The molecule has 0 aromatic heterocycles. The van der Waals surface area contributed by atoms with E-state index in [0.29, 0.717) is 5.57 Å². The van der Waals surface area contributed by atoms with Gasteiger partial charge in [-0.15, -0.1) is 0 Å². The summed E-state index contributed by atoms with van der Waals surface area (Å²) in [4.78, 5) is 27.3. The first-order valence-electron chi connectivity index (χ1n) is 14.2. The predicted octanol–water partition coefficient (Wildman–Crippen LogP) is 6.71. The largest absolute Gasteiger partial charge is 0.506 e. The summed E-state index contributed by atoms with van der Waals surface area (Å²) in [5.74, 6) is -1.11. The van der Waals surface area contributed by atoms with Crippen LogP contribution in [-0.4, -0.2) is 45.3 Å². The van der Waals surface area contributed by atoms with E-state index in [-0.39, 0.29) is 35.5 Å². The molecule has 0 fully saturated rings. The van der Waals surface area contributed by atoms with Gasteiger partial charge < -0.3 is 15.1 Å². The highest BCUT2D eigenvalue weighted by atomic mass is 16.4. The smallest absolute Gasteiger partial charge is 0.309 e. The highest BCUT2D eigenvalue weighted by Crippen LogP contribution is 2.51. The van der Waals surface area contributed by atoms with Crippen LogP contribution in [0.4, 0.5) is 11.4 Å². The third kappa shape index (κ3) is 3.88. The summed E-state index contributed by atoms with van der Waals surface area (Å²) in [6.45, 7) is 11.6. The van der Waals surface area contributed by atoms with Gasteiger partial charge in [0.05, 0.1) is 16.6 Å². The van der Waals surface area contributed by atoms with Crippen molar-refractivity contribution in [2.75, 3.05) is 18.0 Å². The number of allylic oxidation sites excluding steroid dienone is 5. The summed E-state index contributed by atoms with van der Waals surface area (Å²) in [6, 6.07) is 20.5. The quantitative estimate of drug-likeness (QED) is 0.265. The van der Waals surface area contributed by atoms with Crippen molar-refractivity contribution in [3.05, 3.63) is 107 Å². The Kier molecular flexibility index (Phi) is 6.07. The van der Waals surface area contributed by atoms with Crippen LogP contribution in [-0.2, 0) is 20.4 Å². The number of ketones is 1. The number of hydrogen-bond acceptors (Lipinski definition) is 4. The minimum absolute atomic E-state index is 0.0207. The molecule has 41 heavy (non-hydrogen) atoms.